The van der Waals surface area contributed by atoms with Gasteiger partial charge in [-0.1, -0.05) is 18.2 Å². The van der Waals surface area contributed by atoms with Gasteiger partial charge in [-0.25, -0.2) is 0 Å². The molecule has 0 radical (unpaired) electrons. The van der Waals surface area contributed by atoms with Crippen molar-refractivity contribution in [2.45, 2.75) is 38.1 Å². The van der Waals surface area contributed by atoms with E-state index >= 15 is 0 Å². The van der Waals surface area contributed by atoms with Crippen molar-refractivity contribution in [2.75, 3.05) is 31.6 Å². The first kappa shape index (κ1) is 17.0. The summed E-state index contributed by atoms with van der Waals surface area (Å²) in [5.74, 6) is 0.782. The second kappa shape index (κ2) is 7.79. The maximum absolute atomic E-state index is 12.7. The van der Waals surface area contributed by atoms with Gasteiger partial charge in [-0.15, -0.1) is 0 Å². The highest BCUT2D eigenvalue weighted by molar-refractivity contribution is 6.01. The molecule has 5 heteroatoms. The molecule has 2 amide bonds. The highest BCUT2D eigenvalue weighted by Crippen LogP contribution is 2.25. The molecule has 0 saturated carbocycles. The van der Waals surface area contributed by atoms with Gasteiger partial charge in [0, 0.05) is 25.7 Å². The summed E-state index contributed by atoms with van der Waals surface area (Å²) in [7, 11) is 1.78. The Labute approximate surface area is 144 Å². The van der Waals surface area contributed by atoms with Gasteiger partial charge in [0.15, 0.2) is 0 Å². The van der Waals surface area contributed by atoms with Crippen molar-refractivity contribution in [3.8, 4) is 0 Å². The number of anilines is 1. The standard InChI is InChI=1S/C19H27N3O2/c1-21(18(23)8-7-15-9-12-20-13-10-15)17-11-14-22(19(17)24)16-5-3-2-4-6-16/h2-6,15,17,20H,7-14H2,1H3. The Morgan fingerprint density at radius 1 is 1.21 bits per heavy atom. The maximum Gasteiger partial charge on any atom is 0.249 e. The second-order valence-corrected chi connectivity index (χ2v) is 6.87. The van der Waals surface area contributed by atoms with Crippen molar-refractivity contribution in [1.82, 2.24) is 10.2 Å². The van der Waals surface area contributed by atoms with E-state index in [2.05, 4.69) is 5.32 Å². The number of likely N-dealkylation sites (N-methyl/N-ethyl adjacent to an activating group) is 1. The zero-order valence-corrected chi connectivity index (χ0v) is 14.4. The number of amides is 2. The normalized spacial score (nSPS) is 22.0. The summed E-state index contributed by atoms with van der Waals surface area (Å²) in [5, 5.41) is 3.35. The van der Waals surface area contributed by atoms with Crippen LogP contribution in [0.4, 0.5) is 5.69 Å². The van der Waals surface area contributed by atoms with Crippen LogP contribution in [-0.2, 0) is 9.59 Å². The van der Waals surface area contributed by atoms with E-state index in [1.54, 1.807) is 16.8 Å². The Balaban J connectivity index is 1.53. The van der Waals surface area contributed by atoms with E-state index < -0.39 is 0 Å². The average molecular weight is 329 g/mol. The van der Waals surface area contributed by atoms with Gasteiger partial charge in [0.2, 0.25) is 11.8 Å². The molecule has 1 aromatic rings. The van der Waals surface area contributed by atoms with Crippen molar-refractivity contribution in [2.24, 2.45) is 5.92 Å². The van der Waals surface area contributed by atoms with Crippen LogP contribution in [0.15, 0.2) is 30.3 Å². The monoisotopic (exact) mass is 329 g/mol. The number of hydrogen-bond acceptors (Lipinski definition) is 3. The van der Waals surface area contributed by atoms with Crippen molar-refractivity contribution >= 4 is 17.5 Å². The molecular formula is C19H27N3O2. The Morgan fingerprint density at radius 2 is 1.92 bits per heavy atom. The fourth-order valence-electron chi connectivity index (χ4n) is 3.74. The van der Waals surface area contributed by atoms with Crippen LogP contribution >= 0.6 is 0 Å². The molecule has 5 nitrogen and oxygen atoms in total. The van der Waals surface area contributed by atoms with E-state index in [0.29, 0.717) is 25.3 Å². The second-order valence-electron chi connectivity index (χ2n) is 6.87. The lowest BCUT2D eigenvalue weighted by molar-refractivity contribution is -0.137. The quantitative estimate of drug-likeness (QED) is 0.899. The number of hydrogen-bond donors (Lipinski definition) is 1. The van der Waals surface area contributed by atoms with Crippen LogP contribution in [0.5, 0.6) is 0 Å². The maximum atomic E-state index is 12.7. The Kier molecular flexibility index (Phi) is 5.51. The summed E-state index contributed by atoms with van der Waals surface area (Å²) in [5.41, 5.74) is 0.917. The minimum Gasteiger partial charge on any atom is -0.334 e. The zero-order chi connectivity index (χ0) is 16.9. The Hall–Kier alpha value is -1.88. The molecule has 0 aromatic heterocycles. The summed E-state index contributed by atoms with van der Waals surface area (Å²) >= 11 is 0. The van der Waals surface area contributed by atoms with Crippen LogP contribution in [0.2, 0.25) is 0 Å². The number of benzene rings is 1. The lowest BCUT2D eigenvalue weighted by Crippen LogP contribution is -2.43. The van der Waals surface area contributed by atoms with Gasteiger partial charge in [-0.2, -0.15) is 0 Å². The Bertz CT molecular complexity index is 569. The fourth-order valence-corrected chi connectivity index (χ4v) is 3.74. The molecule has 2 fully saturated rings. The highest BCUT2D eigenvalue weighted by Gasteiger charge is 2.37. The first-order chi connectivity index (χ1) is 11.7. The van der Waals surface area contributed by atoms with E-state index in [9.17, 15) is 9.59 Å². The molecule has 130 valence electrons. The lowest BCUT2D eigenvalue weighted by atomic mass is 9.93. The van der Waals surface area contributed by atoms with Crippen LogP contribution in [0.3, 0.4) is 0 Å². The van der Waals surface area contributed by atoms with E-state index in [0.717, 1.165) is 38.0 Å². The van der Waals surface area contributed by atoms with Crippen molar-refractivity contribution in [3.63, 3.8) is 0 Å². The topological polar surface area (TPSA) is 52.7 Å². The molecule has 24 heavy (non-hydrogen) atoms. The van der Waals surface area contributed by atoms with Crippen LogP contribution in [-0.4, -0.2) is 49.4 Å². The predicted molar refractivity (Wildman–Crippen MR) is 94.8 cm³/mol. The smallest absolute Gasteiger partial charge is 0.249 e. The third-order valence-electron chi connectivity index (χ3n) is 5.33. The van der Waals surface area contributed by atoms with Gasteiger partial charge in [0.1, 0.15) is 6.04 Å². The van der Waals surface area contributed by atoms with E-state index in [1.165, 1.54) is 0 Å². The van der Waals surface area contributed by atoms with E-state index in [-0.39, 0.29) is 17.9 Å². The molecule has 2 saturated heterocycles. The SMILES string of the molecule is CN(C(=O)CCC1CCNCC1)C1CCN(c2ccccc2)C1=O. The molecule has 3 rings (SSSR count). The number of nitrogens with one attached hydrogen (secondary N) is 1. The molecule has 2 aliphatic rings. The van der Waals surface area contributed by atoms with Crippen LogP contribution < -0.4 is 10.2 Å². The summed E-state index contributed by atoms with van der Waals surface area (Å²) in [6.45, 7) is 2.79. The molecule has 0 aliphatic carbocycles. The van der Waals surface area contributed by atoms with Gasteiger partial charge in [0.05, 0.1) is 0 Å². The molecule has 0 spiro atoms. The number of para-hydroxylation sites is 1. The molecular weight excluding hydrogens is 302 g/mol. The molecule has 1 atom stereocenters. The van der Waals surface area contributed by atoms with Gasteiger partial charge < -0.3 is 15.1 Å². The zero-order valence-electron chi connectivity index (χ0n) is 14.4. The fraction of sp³-hybridized carbons (Fsp3) is 0.579. The first-order valence-electron chi connectivity index (χ1n) is 8.99. The summed E-state index contributed by atoms with van der Waals surface area (Å²) < 4.78 is 0. The van der Waals surface area contributed by atoms with Gasteiger partial charge >= 0.3 is 0 Å². The molecule has 1 aromatic carbocycles. The highest BCUT2D eigenvalue weighted by atomic mass is 16.2. The van der Waals surface area contributed by atoms with Crippen LogP contribution in [0, 0.1) is 5.92 Å². The molecule has 1 unspecified atom stereocenters. The van der Waals surface area contributed by atoms with Crippen molar-refractivity contribution in [3.05, 3.63) is 30.3 Å². The number of piperidine rings is 1. The van der Waals surface area contributed by atoms with Crippen LogP contribution in [0.1, 0.15) is 32.1 Å². The van der Waals surface area contributed by atoms with Gasteiger partial charge in [-0.05, 0) is 56.8 Å². The van der Waals surface area contributed by atoms with Crippen molar-refractivity contribution in [1.29, 1.82) is 0 Å². The number of carbonyl (C=O) groups is 2. The summed E-state index contributed by atoms with van der Waals surface area (Å²) in [6, 6.07) is 9.38. The minimum absolute atomic E-state index is 0.0407. The lowest BCUT2D eigenvalue weighted by Gasteiger charge is -2.26. The third-order valence-corrected chi connectivity index (χ3v) is 5.33. The van der Waals surface area contributed by atoms with E-state index in [1.807, 2.05) is 30.3 Å². The van der Waals surface area contributed by atoms with E-state index in [4.69, 9.17) is 0 Å². The van der Waals surface area contributed by atoms with Crippen molar-refractivity contribution < 1.29 is 9.59 Å². The molecule has 2 aliphatic heterocycles. The molecule has 1 N–H and O–H groups in total. The largest absolute Gasteiger partial charge is 0.334 e. The Morgan fingerprint density at radius 3 is 2.62 bits per heavy atom. The third kappa shape index (κ3) is 3.78. The minimum atomic E-state index is -0.314. The summed E-state index contributed by atoms with van der Waals surface area (Å²) in [6.07, 6.45) is 4.51. The number of rotatable bonds is 5. The summed E-state index contributed by atoms with van der Waals surface area (Å²) in [4.78, 5) is 28.6. The van der Waals surface area contributed by atoms with Gasteiger partial charge in [0.25, 0.3) is 0 Å². The first-order valence-corrected chi connectivity index (χ1v) is 8.99. The predicted octanol–water partition coefficient (Wildman–Crippen LogP) is 2.03. The average Bonchev–Trinajstić information content (AvgIpc) is 3.02. The van der Waals surface area contributed by atoms with Crippen LogP contribution in [0.25, 0.3) is 0 Å². The number of carbonyl (C=O) groups excluding carboxylic acids is 2. The number of nitrogens with zero attached hydrogens (tertiary/aromatic N) is 2. The molecule has 0 bridgehead atoms. The van der Waals surface area contributed by atoms with Gasteiger partial charge in [-0.3, -0.25) is 9.59 Å². The molecule has 2 heterocycles.